The summed E-state index contributed by atoms with van der Waals surface area (Å²) in [6.07, 6.45) is 0.638. The number of benzene rings is 2. The predicted octanol–water partition coefficient (Wildman–Crippen LogP) is 3.91. The first-order chi connectivity index (χ1) is 14.2. The van der Waals surface area contributed by atoms with E-state index in [-0.39, 0.29) is 16.8 Å². The van der Waals surface area contributed by atoms with Gasteiger partial charge < -0.3 is 9.80 Å². The van der Waals surface area contributed by atoms with Gasteiger partial charge in [0.2, 0.25) is 15.9 Å². The Kier molecular flexibility index (Phi) is 5.87. The van der Waals surface area contributed by atoms with Gasteiger partial charge in [0.15, 0.2) is 0 Å². The second kappa shape index (κ2) is 8.15. The van der Waals surface area contributed by atoms with E-state index >= 15 is 0 Å². The van der Waals surface area contributed by atoms with Gasteiger partial charge in [-0.1, -0.05) is 33.6 Å². The Morgan fingerprint density at radius 2 is 1.83 bits per heavy atom. The van der Waals surface area contributed by atoms with E-state index in [1.54, 1.807) is 11.0 Å². The van der Waals surface area contributed by atoms with Crippen LogP contribution in [0.3, 0.4) is 0 Å². The van der Waals surface area contributed by atoms with Gasteiger partial charge in [-0.15, -0.1) is 0 Å². The minimum atomic E-state index is -3.76. The number of carbonyl (C=O) groups is 1. The average molecular weight is 513 g/mol. The lowest BCUT2D eigenvalue weighted by Crippen LogP contribution is -2.49. The summed E-state index contributed by atoms with van der Waals surface area (Å²) in [5.74, 6) is -0.147. The van der Waals surface area contributed by atoms with Crippen molar-refractivity contribution in [1.82, 2.24) is 4.31 Å². The number of hydrogen-bond acceptors (Lipinski definition) is 4. The maximum atomic E-state index is 13.6. The van der Waals surface area contributed by atoms with E-state index in [0.29, 0.717) is 47.8 Å². The number of fused-ring (bicyclic) bond motifs is 1. The molecule has 2 aliphatic heterocycles. The number of halogens is 2. The molecule has 2 aliphatic rings. The molecule has 30 heavy (non-hydrogen) atoms. The summed E-state index contributed by atoms with van der Waals surface area (Å²) in [6, 6.07) is 11.0. The quantitative estimate of drug-likeness (QED) is 0.626. The Labute approximate surface area is 190 Å². The number of nitrogens with zero attached hydrogens (tertiary/aromatic N) is 3. The van der Waals surface area contributed by atoms with Crippen LogP contribution in [-0.2, 0) is 21.2 Å². The van der Waals surface area contributed by atoms with E-state index in [9.17, 15) is 13.2 Å². The van der Waals surface area contributed by atoms with Crippen LogP contribution in [-0.4, -0.2) is 50.9 Å². The Hall–Kier alpha value is -1.61. The predicted molar refractivity (Wildman–Crippen MR) is 123 cm³/mol. The Bertz CT molecular complexity index is 1100. The summed E-state index contributed by atoms with van der Waals surface area (Å²) in [5, 5.41) is 0.658. The van der Waals surface area contributed by atoms with Crippen LogP contribution in [0.1, 0.15) is 19.4 Å². The van der Waals surface area contributed by atoms with E-state index in [1.165, 1.54) is 11.2 Å². The topological polar surface area (TPSA) is 60.9 Å². The van der Waals surface area contributed by atoms with Crippen molar-refractivity contribution < 1.29 is 13.2 Å². The third kappa shape index (κ3) is 3.86. The van der Waals surface area contributed by atoms with Gasteiger partial charge in [0.25, 0.3) is 0 Å². The maximum Gasteiger partial charge on any atom is 0.245 e. The van der Waals surface area contributed by atoms with Crippen molar-refractivity contribution in [2.45, 2.75) is 31.2 Å². The second-order valence-corrected chi connectivity index (χ2v) is 11.0. The largest absolute Gasteiger partial charge is 0.369 e. The molecule has 0 spiro atoms. The lowest BCUT2D eigenvalue weighted by Gasteiger charge is -2.36. The molecule has 0 unspecified atom stereocenters. The summed E-state index contributed by atoms with van der Waals surface area (Å²) in [4.78, 5) is 16.2. The smallest absolute Gasteiger partial charge is 0.245 e. The minimum Gasteiger partial charge on any atom is -0.369 e. The first-order valence-corrected chi connectivity index (χ1v) is 12.4. The molecule has 4 rings (SSSR count). The lowest BCUT2D eigenvalue weighted by atomic mass is 10.1. The van der Waals surface area contributed by atoms with E-state index in [2.05, 4.69) is 20.8 Å². The summed E-state index contributed by atoms with van der Waals surface area (Å²) in [5.41, 5.74) is 2.39. The van der Waals surface area contributed by atoms with Gasteiger partial charge in [0.1, 0.15) is 4.90 Å². The first kappa shape index (κ1) is 21.6. The third-order valence-corrected chi connectivity index (χ3v) is 8.29. The molecule has 160 valence electrons. The molecule has 6 nitrogen and oxygen atoms in total. The van der Waals surface area contributed by atoms with Gasteiger partial charge in [-0.3, -0.25) is 4.79 Å². The van der Waals surface area contributed by atoms with Crippen LogP contribution in [0.2, 0.25) is 5.02 Å². The molecule has 1 atom stereocenters. The highest BCUT2D eigenvalue weighted by Gasteiger charge is 2.38. The van der Waals surface area contributed by atoms with Gasteiger partial charge in [-0.2, -0.15) is 4.31 Å². The van der Waals surface area contributed by atoms with Crippen LogP contribution < -0.4 is 9.80 Å². The van der Waals surface area contributed by atoms with Crippen LogP contribution in [0.25, 0.3) is 0 Å². The van der Waals surface area contributed by atoms with Gasteiger partial charge in [0, 0.05) is 54.3 Å². The normalized spacial score (nSPS) is 19.8. The number of rotatable bonds is 3. The number of hydrogen-bond donors (Lipinski definition) is 0. The number of piperazine rings is 1. The third-order valence-electron chi connectivity index (χ3n) is 5.68. The molecule has 1 amide bonds. The van der Waals surface area contributed by atoms with Gasteiger partial charge >= 0.3 is 0 Å². The molecule has 0 aromatic heterocycles. The molecule has 0 bridgehead atoms. The van der Waals surface area contributed by atoms with Crippen molar-refractivity contribution in [3.63, 3.8) is 0 Å². The standard InChI is InChI=1S/C21H23BrClN3O3S/c1-14-10-16-11-17(22)12-20(21(16)26(14)15(2)27)30(28,29)25-8-6-24(7-9-25)19-5-3-4-18(23)13-19/h3-5,11-14H,6-10H2,1-2H3/t14-/m0/s1. The van der Waals surface area contributed by atoms with E-state index in [1.807, 2.05) is 37.3 Å². The lowest BCUT2D eigenvalue weighted by molar-refractivity contribution is -0.116. The summed E-state index contributed by atoms with van der Waals surface area (Å²) >= 11 is 9.54. The number of anilines is 2. The Morgan fingerprint density at radius 1 is 1.13 bits per heavy atom. The Balaban J connectivity index is 1.64. The molecule has 1 saturated heterocycles. The zero-order valence-corrected chi connectivity index (χ0v) is 20.0. The molecule has 0 aliphatic carbocycles. The van der Waals surface area contributed by atoms with Crippen LogP contribution in [0.4, 0.5) is 11.4 Å². The van der Waals surface area contributed by atoms with Crippen molar-refractivity contribution >= 4 is 54.8 Å². The molecular formula is C21H23BrClN3O3S. The monoisotopic (exact) mass is 511 g/mol. The fourth-order valence-electron chi connectivity index (χ4n) is 4.35. The van der Waals surface area contributed by atoms with Crippen LogP contribution in [0.15, 0.2) is 45.8 Å². The average Bonchev–Trinajstić information content (AvgIpc) is 3.03. The van der Waals surface area contributed by atoms with Gasteiger partial charge in [0.05, 0.1) is 5.69 Å². The van der Waals surface area contributed by atoms with Gasteiger partial charge in [-0.25, -0.2) is 8.42 Å². The maximum absolute atomic E-state index is 13.6. The highest BCUT2D eigenvalue weighted by Crippen LogP contribution is 2.41. The zero-order valence-electron chi connectivity index (χ0n) is 16.8. The molecule has 0 saturated carbocycles. The molecule has 1 fully saturated rings. The fraction of sp³-hybridized carbons (Fsp3) is 0.381. The number of amides is 1. The van der Waals surface area contributed by atoms with Crippen LogP contribution in [0.5, 0.6) is 0 Å². The van der Waals surface area contributed by atoms with Crippen LogP contribution in [0, 0.1) is 0 Å². The SMILES string of the molecule is CC(=O)N1c2c(cc(Br)cc2S(=O)(=O)N2CCN(c3cccc(Cl)c3)CC2)C[C@@H]1C. The van der Waals surface area contributed by atoms with E-state index in [4.69, 9.17) is 11.6 Å². The molecule has 2 aromatic rings. The molecule has 9 heteroatoms. The molecular weight excluding hydrogens is 490 g/mol. The number of carbonyl (C=O) groups excluding carboxylic acids is 1. The molecule has 0 radical (unpaired) electrons. The summed E-state index contributed by atoms with van der Waals surface area (Å²) in [6.45, 7) is 5.30. The fourth-order valence-corrected chi connectivity index (χ4v) is 6.86. The minimum absolute atomic E-state index is 0.0690. The van der Waals surface area contributed by atoms with Crippen molar-refractivity contribution in [2.24, 2.45) is 0 Å². The zero-order chi connectivity index (χ0) is 21.6. The van der Waals surface area contributed by atoms with Crippen molar-refractivity contribution in [1.29, 1.82) is 0 Å². The Morgan fingerprint density at radius 3 is 2.47 bits per heavy atom. The van der Waals surface area contributed by atoms with Crippen molar-refractivity contribution in [2.75, 3.05) is 36.0 Å². The molecule has 2 aromatic carbocycles. The van der Waals surface area contributed by atoms with E-state index < -0.39 is 10.0 Å². The summed E-state index contributed by atoms with van der Waals surface area (Å²) in [7, 11) is -3.76. The molecule has 0 N–H and O–H groups in total. The molecule has 2 heterocycles. The highest BCUT2D eigenvalue weighted by atomic mass is 79.9. The van der Waals surface area contributed by atoms with Crippen LogP contribution >= 0.6 is 27.5 Å². The highest BCUT2D eigenvalue weighted by molar-refractivity contribution is 9.10. The van der Waals surface area contributed by atoms with E-state index in [0.717, 1.165) is 11.3 Å². The number of sulfonamides is 1. The van der Waals surface area contributed by atoms with Crippen molar-refractivity contribution in [3.05, 3.63) is 51.5 Å². The second-order valence-electron chi connectivity index (χ2n) is 7.72. The first-order valence-electron chi connectivity index (χ1n) is 9.81. The van der Waals surface area contributed by atoms with Crippen molar-refractivity contribution in [3.8, 4) is 0 Å². The van der Waals surface area contributed by atoms with Gasteiger partial charge in [-0.05, 0) is 49.2 Å². The summed E-state index contributed by atoms with van der Waals surface area (Å²) < 4.78 is 29.4.